The van der Waals surface area contributed by atoms with E-state index < -0.39 is 11.7 Å². The second-order valence-corrected chi connectivity index (χ2v) is 5.27. The Morgan fingerprint density at radius 1 is 0.958 bits per heavy atom. The van der Waals surface area contributed by atoms with Crippen LogP contribution in [0.5, 0.6) is 0 Å². The number of nitrogens with one attached hydrogen (secondary N) is 1. The molecule has 1 heterocycles. The maximum atomic E-state index is 13.5. The number of nitrogens with zero attached hydrogens (tertiary/aromatic N) is 2. The highest BCUT2D eigenvalue weighted by Gasteiger charge is 2.09. The van der Waals surface area contributed by atoms with Crippen LogP contribution in [0.15, 0.2) is 67.0 Å². The van der Waals surface area contributed by atoms with Gasteiger partial charge in [0.15, 0.2) is 5.82 Å². The minimum absolute atomic E-state index is 0.0492. The predicted octanol–water partition coefficient (Wildman–Crippen LogP) is 3.26. The topological polar surface area (TPSA) is 54.9 Å². The van der Waals surface area contributed by atoms with Crippen molar-refractivity contribution >= 4 is 5.91 Å². The van der Waals surface area contributed by atoms with E-state index in [-0.39, 0.29) is 5.56 Å². The summed E-state index contributed by atoms with van der Waals surface area (Å²) in [6, 6.07) is 15.6. The molecular weight excluding hydrogens is 305 g/mol. The first-order valence-electron chi connectivity index (χ1n) is 7.63. The molecule has 3 rings (SSSR count). The second-order valence-electron chi connectivity index (χ2n) is 5.27. The van der Waals surface area contributed by atoms with Gasteiger partial charge in [0.25, 0.3) is 5.91 Å². The molecule has 4 nitrogen and oxygen atoms in total. The number of carbonyl (C=O) groups is 1. The van der Waals surface area contributed by atoms with Gasteiger partial charge in [-0.05, 0) is 24.1 Å². The first-order chi connectivity index (χ1) is 11.7. The highest BCUT2D eigenvalue weighted by Crippen LogP contribution is 2.13. The van der Waals surface area contributed by atoms with Crippen LogP contribution in [0.4, 0.5) is 4.39 Å². The van der Waals surface area contributed by atoms with Gasteiger partial charge < -0.3 is 5.32 Å². The Balaban J connectivity index is 1.56. The normalized spacial score (nSPS) is 10.4. The molecule has 1 aromatic heterocycles. The Hall–Kier alpha value is -3.08. The minimum atomic E-state index is -0.523. The third kappa shape index (κ3) is 3.81. The molecule has 3 aromatic rings. The van der Waals surface area contributed by atoms with Crippen molar-refractivity contribution < 1.29 is 9.18 Å². The van der Waals surface area contributed by atoms with Gasteiger partial charge in [-0.3, -0.25) is 4.79 Å². The number of halogens is 1. The lowest BCUT2D eigenvalue weighted by molar-refractivity contribution is 0.0950. The van der Waals surface area contributed by atoms with Crippen molar-refractivity contribution in [2.45, 2.75) is 6.42 Å². The fourth-order valence-electron chi connectivity index (χ4n) is 2.28. The van der Waals surface area contributed by atoms with Gasteiger partial charge in [0.05, 0.1) is 5.56 Å². The van der Waals surface area contributed by atoms with Crippen molar-refractivity contribution in [3.05, 3.63) is 83.9 Å². The smallest absolute Gasteiger partial charge is 0.254 e. The van der Waals surface area contributed by atoms with Gasteiger partial charge in [-0.25, -0.2) is 14.4 Å². The molecule has 0 radical (unpaired) electrons. The van der Waals surface area contributed by atoms with Crippen molar-refractivity contribution in [1.29, 1.82) is 0 Å². The first kappa shape index (κ1) is 15.8. The summed E-state index contributed by atoms with van der Waals surface area (Å²) in [5.74, 6) is -0.282. The van der Waals surface area contributed by atoms with Crippen LogP contribution in [0.2, 0.25) is 0 Å². The standard InChI is InChI=1S/C19H16FN3O/c20-17-9-5-4-8-16(17)19(24)21-11-10-14-12-22-18(23-13-14)15-6-2-1-3-7-15/h1-9,12-13H,10-11H2,(H,21,24). The summed E-state index contributed by atoms with van der Waals surface area (Å²) in [4.78, 5) is 20.6. The number of rotatable bonds is 5. The Kier molecular flexibility index (Phi) is 4.91. The molecule has 0 spiro atoms. The quantitative estimate of drug-likeness (QED) is 0.785. The van der Waals surface area contributed by atoms with Crippen LogP contribution < -0.4 is 5.32 Å². The summed E-state index contributed by atoms with van der Waals surface area (Å²) in [7, 11) is 0. The number of aromatic nitrogens is 2. The Morgan fingerprint density at radius 2 is 1.62 bits per heavy atom. The van der Waals surface area contributed by atoms with Gasteiger partial charge in [0, 0.05) is 24.5 Å². The molecule has 120 valence electrons. The van der Waals surface area contributed by atoms with Crippen molar-refractivity contribution in [3.8, 4) is 11.4 Å². The summed E-state index contributed by atoms with van der Waals surface area (Å²) in [6.45, 7) is 0.390. The van der Waals surface area contributed by atoms with Gasteiger partial charge >= 0.3 is 0 Å². The first-order valence-corrected chi connectivity index (χ1v) is 7.63. The maximum Gasteiger partial charge on any atom is 0.254 e. The molecule has 0 saturated heterocycles. The third-order valence-electron chi connectivity index (χ3n) is 3.56. The highest BCUT2D eigenvalue weighted by atomic mass is 19.1. The molecular formula is C19H16FN3O. The van der Waals surface area contributed by atoms with Gasteiger partial charge in [-0.1, -0.05) is 42.5 Å². The van der Waals surface area contributed by atoms with E-state index in [9.17, 15) is 9.18 Å². The Bertz CT molecular complexity index is 820. The molecule has 0 bridgehead atoms. The number of amides is 1. The van der Waals surface area contributed by atoms with Crippen LogP contribution >= 0.6 is 0 Å². The summed E-state index contributed by atoms with van der Waals surface area (Å²) in [6.07, 6.45) is 4.06. The molecule has 0 aliphatic heterocycles. The van der Waals surface area contributed by atoms with E-state index in [1.807, 2.05) is 30.3 Å². The Labute approximate surface area is 139 Å². The lowest BCUT2D eigenvalue weighted by atomic mass is 10.2. The third-order valence-corrected chi connectivity index (χ3v) is 3.56. The average Bonchev–Trinajstić information content (AvgIpc) is 2.63. The molecule has 24 heavy (non-hydrogen) atoms. The number of carbonyl (C=O) groups excluding carboxylic acids is 1. The van der Waals surface area contributed by atoms with Crippen LogP contribution in [-0.4, -0.2) is 22.4 Å². The molecule has 1 N–H and O–H groups in total. The van der Waals surface area contributed by atoms with E-state index >= 15 is 0 Å². The van der Waals surface area contributed by atoms with Crippen LogP contribution in [0.3, 0.4) is 0 Å². The van der Waals surface area contributed by atoms with Crippen molar-refractivity contribution in [3.63, 3.8) is 0 Å². The highest BCUT2D eigenvalue weighted by molar-refractivity contribution is 5.94. The van der Waals surface area contributed by atoms with Crippen LogP contribution in [0, 0.1) is 5.82 Å². The lowest BCUT2D eigenvalue weighted by Crippen LogP contribution is -2.26. The number of hydrogen-bond acceptors (Lipinski definition) is 3. The van der Waals surface area contributed by atoms with Crippen molar-refractivity contribution in [1.82, 2.24) is 15.3 Å². The summed E-state index contributed by atoms with van der Waals surface area (Å²) in [5.41, 5.74) is 1.91. The van der Waals surface area contributed by atoms with E-state index in [0.717, 1.165) is 11.1 Å². The summed E-state index contributed by atoms with van der Waals surface area (Å²) in [5, 5.41) is 2.70. The molecule has 0 aliphatic rings. The summed E-state index contributed by atoms with van der Waals surface area (Å²) < 4.78 is 13.5. The molecule has 5 heteroatoms. The second kappa shape index (κ2) is 7.46. The molecule has 1 amide bonds. The zero-order valence-corrected chi connectivity index (χ0v) is 12.9. The molecule has 0 atom stereocenters. The average molecular weight is 321 g/mol. The van der Waals surface area contributed by atoms with E-state index in [2.05, 4.69) is 15.3 Å². The Morgan fingerprint density at radius 3 is 2.33 bits per heavy atom. The minimum Gasteiger partial charge on any atom is -0.352 e. The molecule has 0 unspecified atom stereocenters. The van der Waals surface area contributed by atoms with Gasteiger partial charge in [-0.2, -0.15) is 0 Å². The molecule has 0 fully saturated rings. The molecule has 0 aliphatic carbocycles. The van der Waals surface area contributed by atoms with E-state index in [1.54, 1.807) is 24.5 Å². The van der Waals surface area contributed by atoms with Gasteiger partial charge in [0.2, 0.25) is 0 Å². The van der Waals surface area contributed by atoms with Crippen LogP contribution in [-0.2, 0) is 6.42 Å². The SMILES string of the molecule is O=C(NCCc1cnc(-c2ccccc2)nc1)c1ccccc1F. The number of hydrogen-bond donors (Lipinski definition) is 1. The van der Waals surface area contributed by atoms with E-state index in [4.69, 9.17) is 0 Å². The fourth-order valence-corrected chi connectivity index (χ4v) is 2.28. The lowest BCUT2D eigenvalue weighted by Gasteiger charge is -2.06. The zero-order chi connectivity index (χ0) is 16.8. The maximum absolute atomic E-state index is 13.5. The van der Waals surface area contributed by atoms with E-state index in [0.29, 0.717) is 18.8 Å². The molecule has 2 aromatic carbocycles. The van der Waals surface area contributed by atoms with Crippen molar-refractivity contribution in [2.24, 2.45) is 0 Å². The number of benzene rings is 2. The summed E-state index contributed by atoms with van der Waals surface area (Å²) >= 11 is 0. The monoisotopic (exact) mass is 321 g/mol. The largest absolute Gasteiger partial charge is 0.352 e. The van der Waals surface area contributed by atoms with Gasteiger partial charge in [0.1, 0.15) is 5.82 Å². The van der Waals surface area contributed by atoms with Crippen LogP contribution in [0.25, 0.3) is 11.4 Å². The fraction of sp³-hybridized carbons (Fsp3) is 0.105. The van der Waals surface area contributed by atoms with Crippen molar-refractivity contribution in [2.75, 3.05) is 6.54 Å². The van der Waals surface area contributed by atoms with E-state index in [1.165, 1.54) is 12.1 Å². The zero-order valence-electron chi connectivity index (χ0n) is 12.9. The van der Waals surface area contributed by atoms with Gasteiger partial charge in [-0.15, -0.1) is 0 Å². The predicted molar refractivity (Wildman–Crippen MR) is 89.9 cm³/mol. The molecule has 0 saturated carbocycles. The van der Waals surface area contributed by atoms with Crippen LogP contribution in [0.1, 0.15) is 15.9 Å².